The van der Waals surface area contributed by atoms with Gasteiger partial charge < -0.3 is 21.3 Å². The molecule has 2 aromatic carbocycles. The summed E-state index contributed by atoms with van der Waals surface area (Å²) in [6, 6.07) is 17.1. The molecule has 0 fully saturated rings. The minimum absolute atomic E-state index is 0.0316. The van der Waals surface area contributed by atoms with Gasteiger partial charge in [0.1, 0.15) is 11.8 Å². The molecule has 0 aliphatic carbocycles. The van der Waals surface area contributed by atoms with Crippen LogP contribution in [-0.4, -0.2) is 51.9 Å². The van der Waals surface area contributed by atoms with Crippen molar-refractivity contribution in [2.45, 2.75) is 44.5 Å². The van der Waals surface area contributed by atoms with Gasteiger partial charge in [0.05, 0.1) is 6.42 Å². The molecule has 2 aromatic rings. The minimum Gasteiger partial charge on any atom is -0.480 e. The first-order chi connectivity index (χ1) is 16.1. The largest absolute Gasteiger partial charge is 0.480 e. The van der Waals surface area contributed by atoms with Gasteiger partial charge in [-0.2, -0.15) is 0 Å². The summed E-state index contributed by atoms with van der Waals surface area (Å²) >= 11 is 0. The van der Waals surface area contributed by atoms with E-state index in [1.807, 2.05) is 36.4 Å². The summed E-state index contributed by atoms with van der Waals surface area (Å²) < 4.78 is 5.97. The van der Waals surface area contributed by atoms with E-state index >= 15 is 0 Å². The number of carboxylic acids is 1. The fourth-order valence-electron chi connectivity index (χ4n) is 3.16. The maximum absolute atomic E-state index is 13.3. The molecule has 10 nitrogen and oxygen atoms in total. The number of hydrogen-bond donors (Lipinski definition) is 5. The van der Waals surface area contributed by atoms with E-state index < -0.39 is 41.8 Å². The number of amides is 1. The topological polar surface area (TPSA) is 172 Å². The third kappa shape index (κ3) is 7.98. The molecule has 0 heterocycles. The van der Waals surface area contributed by atoms with Crippen molar-refractivity contribution in [3.8, 4) is 5.75 Å². The molecule has 0 aromatic heterocycles. The van der Waals surface area contributed by atoms with Gasteiger partial charge in [-0.1, -0.05) is 48.5 Å². The standard InChI is InChI=1S/C24H31N5O5/c1-24(34-18-11-6-3-7-12-18,28-16-17-9-4-2-5-10-17)20(30)15-21(31)29(23(26)27)14-8-13-19(25)22(32)33/h2-7,9-12,19,28H,8,13-16,25H2,1H3,(H3,26,27)(H,32,33). The Kier molecular flexibility index (Phi) is 9.72. The summed E-state index contributed by atoms with van der Waals surface area (Å²) in [5, 5.41) is 19.7. The number of ketones is 1. The molecule has 2 rings (SSSR count). The molecule has 0 radical (unpaired) electrons. The fourth-order valence-corrected chi connectivity index (χ4v) is 3.16. The normalized spacial score (nSPS) is 13.4. The van der Waals surface area contributed by atoms with Gasteiger partial charge in [-0.3, -0.25) is 30.0 Å². The van der Waals surface area contributed by atoms with Crippen molar-refractivity contribution in [2.75, 3.05) is 6.54 Å². The van der Waals surface area contributed by atoms with Crippen LogP contribution in [0.2, 0.25) is 0 Å². The second-order valence-electron chi connectivity index (χ2n) is 7.91. The number of benzene rings is 2. The second-order valence-corrected chi connectivity index (χ2v) is 7.91. The SMILES string of the molecule is CC(NCc1ccccc1)(Oc1ccccc1)C(=O)CC(=O)N(CCCC(N)C(=O)O)C(=N)N. The minimum atomic E-state index is -1.54. The lowest BCUT2D eigenvalue weighted by Crippen LogP contribution is -2.55. The first-order valence-electron chi connectivity index (χ1n) is 10.8. The molecule has 182 valence electrons. The van der Waals surface area contributed by atoms with Crippen LogP contribution in [0, 0.1) is 5.41 Å². The number of aliphatic carboxylic acids is 1. The van der Waals surface area contributed by atoms with Crippen LogP contribution < -0.4 is 21.5 Å². The molecule has 1 amide bonds. The maximum atomic E-state index is 13.3. The van der Waals surface area contributed by atoms with Crippen molar-refractivity contribution in [1.82, 2.24) is 10.2 Å². The first-order valence-corrected chi connectivity index (χ1v) is 10.8. The fraction of sp³-hybridized carbons (Fsp3) is 0.333. The zero-order valence-corrected chi connectivity index (χ0v) is 19.1. The van der Waals surface area contributed by atoms with Crippen LogP contribution in [0.15, 0.2) is 60.7 Å². The molecular formula is C24H31N5O5. The van der Waals surface area contributed by atoms with Crippen LogP contribution in [0.5, 0.6) is 5.75 Å². The van der Waals surface area contributed by atoms with E-state index in [1.54, 1.807) is 31.2 Å². The Morgan fingerprint density at radius 1 is 1.12 bits per heavy atom. The Hall–Kier alpha value is -3.76. The van der Waals surface area contributed by atoms with Crippen molar-refractivity contribution in [2.24, 2.45) is 11.5 Å². The second kappa shape index (κ2) is 12.5. The summed E-state index contributed by atoms with van der Waals surface area (Å²) in [6.07, 6.45) is -0.277. The quantitative estimate of drug-likeness (QED) is 0.127. The van der Waals surface area contributed by atoms with Crippen LogP contribution in [-0.2, 0) is 20.9 Å². The van der Waals surface area contributed by atoms with Gasteiger partial charge in [0.2, 0.25) is 17.4 Å². The van der Waals surface area contributed by atoms with Crippen LogP contribution in [0.4, 0.5) is 0 Å². The Balaban J connectivity index is 2.12. The molecule has 0 aliphatic heterocycles. The number of nitrogens with zero attached hydrogens (tertiary/aromatic N) is 1. The van der Waals surface area contributed by atoms with Gasteiger partial charge in [-0.25, -0.2) is 0 Å². The van der Waals surface area contributed by atoms with Gasteiger partial charge >= 0.3 is 5.97 Å². The number of ether oxygens (including phenoxy) is 1. The smallest absolute Gasteiger partial charge is 0.320 e. The predicted octanol–water partition coefficient (Wildman–Crippen LogP) is 1.44. The Labute approximate surface area is 198 Å². The van der Waals surface area contributed by atoms with Gasteiger partial charge in [-0.15, -0.1) is 0 Å². The summed E-state index contributed by atoms with van der Waals surface area (Å²) in [4.78, 5) is 37.9. The molecule has 34 heavy (non-hydrogen) atoms. The summed E-state index contributed by atoms with van der Waals surface area (Å²) in [6.45, 7) is 1.83. The summed E-state index contributed by atoms with van der Waals surface area (Å²) in [5.41, 5.74) is 10.4. The number of nitrogens with two attached hydrogens (primary N) is 2. The van der Waals surface area contributed by atoms with Crippen molar-refractivity contribution in [3.63, 3.8) is 0 Å². The highest BCUT2D eigenvalue weighted by Gasteiger charge is 2.37. The number of rotatable bonds is 13. The van der Waals surface area contributed by atoms with Gasteiger partial charge in [0.25, 0.3) is 0 Å². The van der Waals surface area contributed by atoms with E-state index in [0.29, 0.717) is 12.3 Å². The van der Waals surface area contributed by atoms with E-state index in [0.717, 1.165) is 10.5 Å². The number of guanidine groups is 1. The molecule has 0 saturated carbocycles. The monoisotopic (exact) mass is 469 g/mol. The number of carbonyl (C=O) groups excluding carboxylic acids is 2. The molecule has 10 heteroatoms. The Morgan fingerprint density at radius 3 is 2.26 bits per heavy atom. The van der Waals surface area contributed by atoms with Crippen LogP contribution in [0.1, 0.15) is 31.7 Å². The lowest BCUT2D eigenvalue weighted by atomic mass is 10.0. The van der Waals surface area contributed by atoms with E-state index in [-0.39, 0.29) is 19.4 Å². The van der Waals surface area contributed by atoms with Crippen molar-refractivity contribution >= 4 is 23.6 Å². The third-order valence-electron chi connectivity index (χ3n) is 5.19. The van der Waals surface area contributed by atoms with Crippen molar-refractivity contribution < 1.29 is 24.2 Å². The molecular weight excluding hydrogens is 438 g/mol. The molecule has 0 spiro atoms. The number of carboxylic acid groups (broad SMARTS) is 1. The van der Waals surface area contributed by atoms with Gasteiger partial charge in [-0.05, 0) is 37.5 Å². The lowest BCUT2D eigenvalue weighted by Gasteiger charge is -2.31. The summed E-state index contributed by atoms with van der Waals surface area (Å²) in [7, 11) is 0. The van der Waals surface area contributed by atoms with Crippen molar-refractivity contribution in [3.05, 3.63) is 66.2 Å². The Bertz CT molecular complexity index is 986. The Morgan fingerprint density at radius 2 is 1.71 bits per heavy atom. The number of carbonyl (C=O) groups is 3. The van der Waals surface area contributed by atoms with E-state index in [4.69, 9.17) is 26.7 Å². The van der Waals surface area contributed by atoms with Gasteiger partial charge in [0, 0.05) is 13.1 Å². The van der Waals surface area contributed by atoms with E-state index in [9.17, 15) is 14.4 Å². The molecule has 2 atom stereocenters. The average molecular weight is 470 g/mol. The van der Waals surface area contributed by atoms with Crippen LogP contribution in [0.25, 0.3) is 0 Å². The highest BCUT2D eigenvalue weighted by atomic mass is 16.5. The van der Waals surface area contributed by atoms with Crippen LogP contribution in [0.3, 0.4) is 0 Å². The molecule has 0 saturated heterocycles. The first kappa shape index (κ1) is 26.5. The van der Waals surface area contributed by atoms with Crippen molar-refractivity contribution in [1.29, 1.82) is 5.41 Å². The zero-order valence-electron chi connectivity index (χ0n) is 19.1. The highest BCUT2D eigenvalue weighted by molar-refractivity contribution is 6.06. The van der Waals surface area contributed by atoms with Crippen LogP contribution >= 0.6 is 0 Å². The lowest BCUT2D eigenvalue weighted by molar-refractivity contribution is -0.142. The third-order valence-corrected chi connectivity index (χ3v) is 5.19. The molecule has 0 bridgehead atoms. The maximum Gasteiger partial charge on any atom is 0.320 e. The van der Waals surface area contributed by atoms with Gasteiger partial charge in [0.15, 0.2) is 5.96 Å². The molecule has 7 N–H and O–H groups in total. The molecule has 2 unspecified atom stereocenters. The number of Topliss-reactive ketones (excluding diaryl/α,β-unsaturated/α-hetero) is 1. The number of hydrogen-bond acceptors (Lipinski definition) is 7. The van der Waals surface area contributed by atoms with E-state index in [1.165, 1.54) is 0 Å². The molecule has 0 aliphatic rings. The van der Waals surface area contributed by atoms with E-state index in [2.05, 4.69) is 5.32 Å². The number of para-hydroxylation sites is 1. The summed E-state index contributed by atoms with van der Waals surface area (Å²) in [5.74, 6) is -2.49. The average Bonchev–Trinajstić information content (AvgIpc) is 2.81. The number of nitrogens with one attached hydrogen (secondary N) is 2. The predicted molar refractivity (Wildman–Crippen MR) is 127 cm³/mol. The zero-order chi connectivity index (χ0) is 25.1. The highest BCUT2D eigenvalue weighted by Crippen LogP contribution is 2.20.